The van der Waals surface area contributed by atoms with Crippen LogP contribution >= 0.6 is 15.6 Å². The molecule has 0 saturated carbocycles. The number of esters is 4. The Kier molecular flexibility index (Phi) is 69.9. The fourth-order valence-corrected chi connectivity index (χ4v) is 14.1. The second-order valence-corrected chi connectivity index (χ2v) is 33.5. The highest BCUT2D eigenvalue weighted by Gasteiger charge is 2.30. The Morgan fingerprint density at radius 2 is 0.460 bits per heavy atom. The van der Waals surface area contributed by atoms with Gasteiger partial charge in [-0.3, -0.25) is 37.3 Å². The van der Waals surface area contributed by atoms with Gasteiger partial charge in [-0.25, -0.2) is 9.13 Å². The monoisotopic (exact) mass is 1470 g/mol. The molecule has 0 aromatic heterocycles. The van der Waals surface area contributed by atoms with Crippen molar-refractivity contribution in [2.24, 2.45) is 17.8 Å². The van der Waals surface area contributed by atoms with Crippen molar-refractivity contribution >= 4 is 39.5 Å². The smallest absolute Gasteiger partial charge is 0.462 e. The van der Waals surface area contributed by atoms with Crippen LogP contribution in [0, 0.1) is 17.8 Å². The first-order valence-electron chi connectivity index (χ1n) is 41.8. The molecule has 0 saturated heterocycles. The first kappa shape index (κ1) is 98.1. The number of unbranched alkanes of at least 4 members (excludes halogenated alkanes) is 47. The van der Waals surface area contributed by atoms with Gasteiger partial charge in [-0.2, -0.15) is 0 Å². The van der Waals surface area contributed by atoms with Gasteiger partial charge in [0.15, 0.2) is 12.2 Å². The quantitative estimate of drug-likeness (QED) is 0.0222. The van der Waals surface area contributed by atoms with Crippen LogP contribution in [0.5, 0.6) is 0 Å². The predicted octanol–water partition coefficient (Wildman–Crippen LogP) is 24.1. The lowest BCUT2D eigenvalue weighted by molar-refractivity contribution is -0.161. The molecule has 0 aromatic rings. The molecule has 0 aliphatic rings. The molecule has 0 aliphatic carbocycles. The number of carbonyl (C=O) groups is 4. The van der Waals surface area contributed by atoms with Crippen molar-refractivity contribution in [1.82, 2.24) is 0 Å². The number of ether oxygens (including phenoxy) is 4. The first-order chi connectivity index (χ1) is 48.2. The van der Waals surface area contributed by atoms with Crippen molar-refractivity contribution in [1.29, 1.82) is 0 Å². The number of aliphatic hydroxyl groups is 1. The third-order valence-electron chi connectivity index (χ3n) is 18.9. The molecule has 19 heteroatoms. The van der Waals surface area contributed by atoms with E-state index in [1.807, 2.05) is 0 Å². The van der Waals surface area contributed by atoms with Gasteiger partial charge in [0.05, 0.1) is 26.4 Å². The summed E-state index contributed by atoms with van der Waals surface area (Å²) in [7, 11) is -9.92. The summed E-state index contributed by atoms with van der Waals surface area (Å²) in [6.45, 7) is 11.9. The normalized spacial score (nSPS) is 14.0. The van der Waals surface area contributed by atoms with Crippen LogP contribution in [0.1, 0.15) is 421 Å². The summed E-state index contributed by atoms with van der Waals surface area (Å²) >= 11 is 0. The topological polar surface area (TPSA) is 237 Å². The number of rotatable bonds is 79. The fourth-order valence-electron chi connectivity index (χ4n) is 12.5. The van der Waals surface area contributed by atoms with Gasteiger partial charge in [-0.1, -0.05) is 370 Å². The summed E-state index contributed by atoms with van der Waals surface area (Å²) in [5.41, 5.74) is 0. The number of phosphoric ester groups is 2. The highest BCUT2D eigenvalue weighted by Crippen LogP contribution is 2.45. The van der Waals surface area contributed by atoms with Crippen molar-refractivity contribution in [3.05, 3.63) is 0 Å². The summed E-state index contributed by atoms with van der Waals surface area (Å²) in [4.78, 5) is 73.0. The van der Waals surface area contributed by atoms with Crippen molar-refractivity contribution in [3.8, 4) is 0 Å². The van der Waals surface area contributed by atoms with Crippen molar-refractivity contribution in [3.63, 3.8) is 0 Å². The lowest BCUT2D eigenvalue weighted by atomic mass is 10.0. The van der Waals surface area contributed by atoms with Crippen LogP contribution < -0.4 is 0 Å². The Labute approximate surface area is 613 Å². The molecule has 0 radical (unpaired) electrons. The van der Waals surface area contributed by atoms with Crippen LogP contribution in [0.4, 0.5) is 0 Å². The maximum Gasteiger partial charge on any atom is 0.472 e. The summed E-state index contributed by atoms with van der Waals surface area (Å²) in [6.07, 6.45) is 59.7. The molecule has 3 N–H and O–H groups in total. The zero-order valence-corrected chi connectivity index (χ0v) is 67.5. The van der Waals surface area contributed by atoms with Crippen LogP contribution in [-0.2, 0) is 65.4 Å². The van der Waals surface area contributed by atoms with E-state index in [9.17, 15) is 43.2 Å². The van der Waals surface area contributed by atoms with E-state index in [0.717, 1.165) is 108 Å². The average Bonchev–Trinajstić information content (AvgIpc) is 1.02. The zero-order chi connectivity index (χ0) is 73.7. The van der Waals surface area contributed by atoms with Gasteiger partial charge in [0.2, 0.25) is 0 Å². The lowest BCUT2D eigenvalue weighted by Gasteiger charge is -2.21. The van der Waals surface area contributed by atoms with Crippen molar-refractivity contribution in [2.45, 2.75) is 439 Å². The second-order valence-electron chi connectivity index (χ2n) is 30.6. The molecule has 5 atom stereocenters. The van der Waals surface area contributed by atoms with Crippen molar-refractivity contribution < 1.29 is 80.2 Å². The van der Waals surface area contributed by atoms with Crippen molar-refractivity contribution in [2.75, 3.05) is 39.6 Å². The molecule has 0 fully saturated rings. The van der Waals surface area contributed by atoms with Crippen LogP contribution in [0.15, 0.2) is 0 Å². The molecule has 594 valence electrons. The van der Waals surface area contributed by atoms with E-state index in [1.54, 1.807) is 0 Å². The number of hydrogen-bond acceptors (Lipinski definition) is 15. The summed E-state index contributed by atoms with van der Waals surface area (Å²) < 4.78 is 68.7. The molecular weight excluding hydrogens is 1310 g/mol. The van der Waals surface area contributed by atoms with Crippen LogP contribution in [0.3, 0.4) is 0 Å². The van der Waals surface area contributed by atoms with Gasteiger partial charge in [-0.05, 0) is 43.4 Å². The van der Waals surface area contributed by atoms with E-state index in [2.05, 4.69) is 48.5 Å². The maximum atomic E-state index is 13.1. The molecule has 2 unspecified atom stereocenters. The third-order valence-corrected chi connectivity index (χ3v) is 20.8. The van der Waals surface area contributed by atoms with Gasteiger partial charge in [0.25, 0.3) is 0 Å². The summed E-state index contributed by atoms with van der Waals surface area (Å²) in [5, 5.41) is 10.6. The average molecular weight is 1470 g/mol. The largest absolute Gasteiger partial charge is 0.472 e. The number of hydrogen-bond donors (Lipinski definition) is 3. The summed E-state index contributed by atoms with van der Waals surface area (Å²) in [6, 6.07) is 0. The third kappa shape index (κ3) is 74.3. The molecule has 0 amide bonds. The van der Waals surface area contributed by atoms with Gasteiger partial charge in [0.1, 0.15) is 19.3 Å². The Hall–Kier alpha value is -1.94. The predicted molar refractivity (Wildman–Crippen MR) is 409 cm³/mol. The van der Waals surface area contributed by atoms with Gasteiger partial charge >= 0.3 is 39.5 Å². The molecular formula is C81H158O17P2. The molecule has 0 aliphatic heterocycles. The molecule has 0 spiro atoms. The minimum absolute atomic E-state index is 0.105. The van der Waals surface area contributed by atoms with Gasteiger partial charge in [0, 0.05) is 25.7 Å². The van der Waals surface area contributed by atoms with E-state index in [0.29, 0.717) is 25.7 Å². The molecule has 0 aromatic carbocycles. The standard InChI is InChI=1S/C81H158O17P2/c1-8-9-10-11-12-13-14-15-20-24-27-33-41-48-55-62-78(83)91-68-76(97-80(85)64-57-50-43-34-28-25-22-19-17-16-18-21-23-26-31-38-45-52-59-72(2)3)70-95-99(87,88)93-66-75(82)67-94-100(89,90)96-71-77(69-92-79(84)63-56-49-42-37-36-40-47-54-61-74(6)7)98-81(86)65-58-51-44-35-30-29-32-39-46-53-60-73(4)5/h72-77,82H,8-71H2,1-7H3,(H,87,88)(H,89,90)/t75-,76-,77-/m1/s1. The van der Waals surface area contributed by atoms with E-state index < -0.39 is 97.5 Å². The Bertz CT molecular complexity index is 1940. The number of aliphatic hydroxyl groups excluding tert-OH is 1. The van der Waals surface area contributed by atoms with E-state index in [-0.39, 0.29) is 25.7 Å². The number of phosphoric acid groups is 2. The number of carbonyl (C=O) groups excluding carboxylic acids is 4. The molecule has 0 bridgehead atoms. The van der Waals surface area contributed by atoms with Gasteiger partial charge < -0.3 is 33.8 Å². The van der Waals surface area contributed by atoms with E-state index >= 15 is 0 Å². The van der Waals surface area contributed by atoms with Crippen LogP contribution in [0.25, 0.3) is 0 Å². The Morgan fingerprint density at radius 3 is 0.680 bits per heavy atom. The second kappa shape index (κ2) is 71.3. The highest BCUT2D eigenvalue weighted by molar-refractivity contribution is 7.47. The highest BCUT2D eigenvalue weighted by atomic mass is 31.2. The molecule has 0 heterocycles. The summed E-state index contributed by atoms with van der Waals surface area (Å²) in [5.74, 6) is 0.187. The minimum atomic E-state index is -4.96. The molecule has 100 heavy (non-hydrogen) atoms. The Morgan fingerprint density at radius 1 is 0.270 bits per heavy atom. The minimum Gasteiger partial charge on any atom is -0.462 e. The first-order valence-corrected chi connectivity index (χ1v) is 44.8. The van der Waals surface area contributed by atoms with E-state index in [1.165, 1.54) is 231 Å². The zero-order valence-electron chi connectivity index (χ0n) is 65.7. The molecule has 17 nitrogen and oxygen atoms in total. The van der Waals surface area contributed by atoms with Crippen LogP contribution in [0.2, 0.25) is 0 Å². The van der Waals surface area contributed by atoms with Crippen LogP contribution in [-0.4, -0.2) is 96.7 Å². The maximum absolute atomic E-state index is 13.1. The lowest BCUT2D eigenvalue weighted by Crippen LogP contribution is -2.30. The Balaban J connectivity index is 5.23. The fraction of sp³-hybridized carbons (Fsp3) is 0.951. The van der Waals surface area contributed by atoms with Gasteiger partial charge in [-0.15, -0.1) is 0 Å². The SMILES string of the molecule is CCCCCCCCCCCCCCCCCC(=O)OC[C@H](COP(=O)(O)OC[C@@H](O)COP(=O)(O)OC[C@@H](COC(=O)CCCCCCCCCCC(C)C)OC(=O)CCCCCCCCCCCCC(C)C)OC(=O)CCCCCCCCCCCCCCCCCCCCC(C)C. The van der Waals surface area contributed by atoms with E-state index in [4.69, 9.17) is 37.0 Å². The molecule has 0 rings (SSSR count).